The number of Topliss-reactive ketones (excluding diaryl/α,β-unsaturated/α-hetero) is 1. The molecule has 5 nitrogen and oxygen atoms in total. The third-order valence-electron chi connectivity index (χ3n) is 3.62. The lowest BCUT2D eigenvalue weighted by atomic mass is 9.90. The van der Waals surface area contributed by atoms with Gasteiger partial charge in [0.15, 0.2) is 15.6 Å². The maximum absolute atomic E-state index is 14.1. The fraction of sp³-hybridized carbons (Fsp3) is 0.222. The molecule has 0 bridgehead atoms. The van der Waals surface area contributed by atoms with Gasteiger partial charge in [0, 0.05) is 23.4 Å². The molecule has 2 rings (SSSR count). The van der Waals surface area contributed by atoms with Gasteiger partial charge < -0.3 is 4.74 Å². The first-order valence-electron chi connectivity index (χ1n) is 7.61. The number of carbonyl (C=O) groups is 2. The van der Waals surface area contributed by atoms with Crippen molar-refractivity contribution in [2.24, 2.45) is 0 Å². The summed E-state index contributed by atoms with van der Waals surface area (Å²) in [5.74, 6) is -5.29. The standard InChI is InChI=1S/C18H16F2O5S/c1-3-25-18(22)16(14-9-6-12(19)10-15(14)20)17(21)11-4-7-13(8-5-11)26(2,23)24/h4-10,16H,3H2,1-2H3. The van der Waals surface area contributed by atoms with Crippen LogP contribution in [-0.4, -0.2) is 33.0 Å². The number of rotatable bonds is 6. The van der Waals surface area contributed by atoms with Crippen LogP contribution in [0.2, 0.25) is 0 Å². The second-order valence-electron chi connectivity index (χ2n) is 5.51. The Labute approximate surface area is 149 Å². The highest BCUT2D eigenvalue weighted by Crippen LogP contribution is 2.26. The Bertz CT molecular complexity index is 937. The van der Waals surface area contributed by atoms with Crippen LogP contribution >= 0.6 is 0 Å². The van der Waals surface area contributed by atoms with Gasteiger partial charge in [0.1, 0.15) is 17.6 Å². The van der Waals surface area contributed by atoms with Gasteiger partial charge in [-0.15, -0.1) is 0 Å². The fourth-order valence-corrected chi connectivity index (χ4v) is 3.00. The maximum atomic E-state index is 14.1. The second kappa shape index (κ2) is 7.74. The van der Waals surface area contributed by atoms with E-state index in [9.17, 15) is 26.8 Å². The zero-order valence-corrected chi connectivity index (χ0v) is 14.8. The number of carbonyl (C=O) groups excluding carboxylic acids is 2. The Morgan fingerprint density at radius 2 is 1.69 bits per heavy atom. The molecule has 26 heavy (non-hydrogen) atoms. The van der Waals surface area contributed by atoms with E-state index in [2.05, 4.69) is 0 Å². The van der Waals surface area contributed by atoms with Gasteiger partial charge >= 0.3 is 5.97 Å². The van der Waals surface area contributed by atoms with Crippen LogP contribution in [0.25, 0.3) is 0 Å². The normalized spacial score (nSPS) is 12.5. The summed E-state index contributed by atoms with van der Waals surface area (Å²) in [5, 5.41) is 0. The molecule has 138 valence electrons. The van der Waals surface area contributed by atoms with E-state index >= 15 is 0 Å². The fourth-order valence-electron chi connectivity index (χ4n) is 2.37. The molecule has 0 radical (unpaired) electrons. The molecule has 0 N–H and O–H groups in total. The molecule has 1 unspecified atom stereocenters. The number of ketones is 1. The zero-order valence-electron chi connectivity index (χ0n) is 14.0. The Balaban J connectivity index is 2.48. The highest BCUT2D eigenvalue weighted by molar-refractivity contribution is 7.90. The van der Waals surface area contributed by atoms with Crippen LogP contribution in [0.1, 0.15) is 28.8 Å². The van der Waals surface area contributed by atoms with Crippen molar-refractivity contribution in [3.8, 4) is 0 Å². The molecular formula is C18H16F2O5S. The van der Waals surface area contributed by atoms with E-state index in [4.69, 9.17) is 4.74 Å². The first-order valence-corrected chi connectivity index (χ1v) is 9.50. The van der Waals surface area contributed by atoms with Gasteiger partial charge in [-0.1, -0.05) is 18.2 Å². The minimum Gasteiger partial charge on any atom is -0.465 e. The molecule has 0 saturated carbocycles. The van der Waals surface area contributed by atoms with Crippen LogP contribution in [0, 0.1) is 11.6 Å². The van der Waals surface area contributed by atoms with E-state index in [1.165, 1.54) is 31.2 Å². The molecule has 0 aliphatic carbocycles. The summed E-state index contributed by atoms with van der Waals surface area (Å²) >= 11 is 0. The second-order valence-corrected chi connectivity index (χ2v) is 7.53. The van der Waals surface area contributed by atoms with Crippen molar-refractivity contribution in [1.82, 2.24) is 0 Å². The van der Waals surface area contributed by atoms with Gasteiger partial charge in [0.05, 0.1) is 11.5 Å². The van der Waals surface area contributed by atoms with Crippen LogP contribution in [-0.2, 0) is 19.4 Å². The highest BCUT2D eigenvalue weighted by Gasteiger charge is 2.33. The molecule has 0 aliphatic rings. The van der Waals surface area contributed by atoms with E-state index in [0.717, 1.165) is 18.4 Å². The lowest BCUT2D eigenvalue weighted by Gasteiger charge is -2.16. The minimum absolute atomic E-state index is 0.000761. The average Bonchev–Trinajstić information content (AvgIpc) is 2.56. The average molecular weight is 382 g/mol. The van der Waals surface area contributed by atoms with Crippen molar-refractivity contribution in [3.05, 3.63) is 65.2 Å². The number of hydrogen-bond acceptors (Lipinski definition) is 5. The van der Waals surface area contributed by atoms with Crippen molar-refractivity contribution in [2.45, 2.75) is 17.7 Å². The van der Waals surface area contributed by atoms with Crippen molar-refractivity contribution in [3.63, 3.8) is 0 Å². The van der Waals surface area contributed by atoms with Gasteiger partial charge in [0.2, 0.25) is 0 Å². The monoisotopic (exact) mass is 382 g/mol. The van der Waals surface area contributed by atoms with E-state index in [0.29, 0.717) is 6.07 Å². The van der Waals surface area contributed by atoms with E-state index in [-0.39, 0.29) is 22.6 Å². The Kier molecular flexibility index (Phi) is 5.86. The van der Waals surface area contributed by atoms with Crippen LogP contribution in [0.4, 0.5) is 8.78 Å². The molecule has 1 atom stereocenters. The summed E-state index contributed by atoms with van der Waals surface area (Å²) in [6, 6.07) is 7.40. The molecule has 0 amide bonds. The maximum Gasteiger partial charge on any atom is 0.321 e. The number of benzene rings is 2. The lowest BCUT2D eigenvalue weighted by Crippen LogP contribution is -2.25. The predicted molar refractivity (Wildman–Crippen MR) is 89.6 cm³/mol. The van der Waals surface area contributed by atoms with E-state index in [1.54, 1.807) is 0 Å². The Morgan fingerprint density at radius 3 is 2.19 bits per heavy atom. The number of ether oxygens (including phenoxy) is 1. The van der Waals surface area contributed by atoms with Crippen molar-refractivity contribution in [1.29, 1.82) is 0 Å². The molecule has 0 aliphatic heterocycles. The lowest BCUT2D eigenvalue weighted by molar-refractivity contribution is -0.143. The summed E-state index contributed by atoms with van der Waals surface area (Å²) in [4.78, 5) is 25.0. The molecule has 0 aromatic heterocycles. The molecule has 2 aromatic carbocycles. The molecule has 2 aromatic rings. The summed E-state index contributed by atoms with van der Waals surface area (Å²) in [5.41, 5.74) is -0.318. The van der Waals surface area contributed by atoms with Crippen LogP contribution < -0.4 is 0 Å². The van der Waals surface area contributed by atoms with Gasteiger partial charge in [-0.25, -0.2) is 17.2 Å². The summed E-state index contributed by atoms with van der Waals surface area (Å²) in [6.07, 6.45) is 1.01. The predicted octanol–water partition coefficient (Wildman–Crippen LogP) is 2.90. The van der Waals surface area contributed by atoms with Gasteiger partial charge in [0.25, 0.3) is 0 Å². The minimum atomic E-state index is -3.46. The van der Waals surface area contributed by atoms with Crippen molar-refractivity contribution in [2.75, 3.05) is 12.9 Å². The highest BCUT2D eigenvalue weighted by atomic mass is 32.2. The molecule has 0 heterocycles. The number of hydrogen-bond donors (Lipinski definition) is 0. The van der Waals surface area contributed by atoms with E-state index < -0.39 is 39.1 Å². The molecule has 0 spiro atoms. The largest absolute Gasteiger partial charge is 0.465 e. The third kappa shape index (κ3) is 4.32. The van der Waals surface area contributed by atoms with Crippen molar-refractivity contribution < 1.29 is 31.5 Å². The number of halogens is 2. The summed E-state index contributed by atoms with van der Waals surface area (Å²) < 4.78 is 55.1. The summed E-state index contributed by atoms with van der Waals surface area (Å²) in [6.45, 7) is 1.50. The number of sulfone groups is 1. The third-order valence-corrected chi connectivity index (χ3v) is 4.75. The molecule has 0 saturated heterocycles. The summed E-state index contributed by atoms with van der Waals surface area (Å²) in [7, 11) is -3.46. The number of esters is 1. The Hall–Kier alpha value is -2.61. The van der Waals surface area contributed by atoms with Crippen molar-refractivity contribution >= 4 is 21.6 Å². The van der Waals surface area contributed by atoms with Gasteiger partial charge in [-0.3, -0.25) is 9.59 Å². The first kappa shape index (κ1) is 19.7. The van der Waals surface area contributed by atoms with Gasteiger partial charge in [-0.2, -0.15) is 0 Å². The molecule has 8 heteroatoms. The smallest absolute Gasteiger partial charge is 0.321 e. The van der Waals surface area contributed by atoms with Crippen LogP contribution in [0.5, 0.6) is 0 Å². The van der Waals surface area contributed by atoms with Crippen LogP contribution in [0.3, 0.4) is 0 Å². The Morgan fingerprint density at radius 1 is 1.08 bits per heavy atom. The zero-order chi connectivity index (χ0) is 19.5. The molecular weight excluding hydrogens is 366 g/mol. The van der Waals surface area contributed by atoms with Gasteiger partial charge in [-0.05, 0) is 25.1 Å². The first-order chi connectivity index (χ1) is 12.1. The van der Waals surface area contributed by atoms with Crippen LogP contribution in [0.15, 0.2) is 47.4 Å². The SMILES string of the molecule is CCOC(=O)C(C(=O)c1ccc(S(C)(=O)=O)cc1)c1ccc(F)cc1F. The molecule has 0 fully saturated rings. The topological polar surface area (TPSA) is 77.5 Å². The quantitative estimate of drug-likeness (QED) is 0.436. The van der Waals surface area contributed by atoms with E-state index in [1.807, 2.05) is 0 Å².